The number of amides is 1. The molecule has 1 heterocycles. The number of hydrogen-bond acceptors (Lipinski definition) is 3. The Labute approximate surface area is 93.8 Å². The Morgan fingerprint density at radius 3 is 3.00 bits per heavy atom. The number of halogens is 1. The highest BCUT2D eigenvalue weighted by molar-refractivity contribution is 6.29. The first kappa shape index (κ1) is 11.9. The van der Waals surface area contributed by atoms with Gasteiger partial charge in [0.15, 0.2) is 0 Å². The first-order chi connectivity index (χ1) is 7.24. The number of nitrogens with zero attached hydrogens (tertiary/aromatic N) is 1. The first-order valence-corrected chi connectivity index (χ1v) is 5.21. The van der Waals surface area contributed by atoms with Crippen LogP contribution in [0.3, 0.4) is 0 Å². The van der Waals surface area contributed by atoms with Crippen molar-refractivity contribution in [1.29, 1.82) is 0 Å². The van der Waals surface area contributed by atoms with E-state index in [9.17, 15) is 4.79 Å². The molecule has 0 spiro atoms. The van der Waals surface area contributed by atoms with Crippen molar-refractivity contribution < 1.29 is 4.79 Å². The molecular formula is C10H14ClN3O. The van der Waals surface area contributed by atoms with Gasteiger partial charge in [0, 0.05) is 18.3 Å². The Morgan fingerprint density at radius 1 is 1.53 bits per heavy atom. The highest BCUT2D eigenvalue weighted by Gasteiger charge is 2.04. The Hall–Kier alpha value is -1.13. The molecule has 4 nitrogen and oxygen atoms in total. The molecule has 82 valence electrons. The number of nitrogens with two attached hydrogens (primary N) is 1. The van der Waals surface area contributed by atoms with Gasteiger partial charge in [0.05, 0.1) is 0 Å². The van der Waals surface area contributed by atoms with E-state index in [0.29, 0.717) is 23.8 Å². The van der Waals surface area contributed by atoms with Crippen LogP contribution in [-0.2, 0) is 0 Å². The molecule has 1 aromatic rings. The van der Waals surface area contributed by atoms with Gasteiger partial charge < -0.3 is 11.1 Å². The third-order valence-corrected chi connectivity index (χ3v) is 2.11. The van der Waals surface area contributed by atoms with Crippen molar-refractivity contribution in [2.75, 3.05) is 13.1 Å². The molecule has 5 heteroatoms. The average Bonchev–Trinajstić information content (AvgIpc) is 2.24. The topological polar surface area (TPSA) is 68.0 Å². The van der Waals surface area contributed by atoms with Crippen molar-refractivity contribution in [3.63, 3.8) is 0 Å². The minimum absolute atomic E-state index is 0.128. The Morgan fingerprint density at radius 2 is 2.33 bits per heavy atom. The van der Waals surface area contributed by atoms with Crippen molar-refractivity contribution in [2.45, 2.75) is 12.8 Å². The van der Waals surface area contributed by atoms with E-state index in [1.54, 1.807) is 12.1 Å². The van der Waals surface area contributed by atoms with E-state index in [-0.39, 0.29) is 5.91 Å². The van der Waals surface area contributed by atoms with Crippen molar-refractivity contribution in [3.8, 4) is 0 Å². The molecular weight excluding hydrogens is 214 g/mol. The summed E-state index contributed by atoms with van der Waals surface area (Å²) >= 11 is 5.67. The van der Waals surface area contributed by atoms with Crippen molar-refractivity contribution in [3.05, 3.63) is 29.0 Å². The van der Waals surface area contributed by atoms with Gasteiger partial charge in [-0.1, -0.05) is 11.6 Å². The van der Waals surface area contributed by atoms with Crippen molar-refractivity contribution >= 4 is 17.5 Å². The number of unbranched alkanes of at least 4 members (excludes halogenated alkanes) is 1. The van der Waals surface area contributed by atoms with E-state index < -0.39 is 0 Å². The lowest BCUT2D eigenvalue weighted by molar-refractivity contribution is 0.0953. The van der Waals surface area contributed by atoms with Crippen LogP contribution in [-0.4, -0.2) is 24.0 Å². The van der Waals surface area contributed by atoms with Crippen LogP contribution in [0.5, 0.6) is 0 Å². The molecule has 3 N–H and O–H groups in total. The van der Waals surface area contributed by atoms with E-state index >= 15 is 0 Å². The monoisotopic (exact) mass is 227 g/mol. The van der Waals surface area contributed by atoms with Gasteiger partial charge >= 0.3 is 0 Å². The SMILES string of the molecule is NCCCCNC(=O)c1ccnc(Cl)c1. The number of aromatic nitrogens is 1. The fraction of sp³-hybridized carbons (Fsp3) is 0.400. The number of hydrogen-bond donors (Lipinski definition) is 2. The summed E-state index contributed by atoms with van der Waals surface area (Å²) in [5, 5.41) is 3.10. The summed E-state index contributed by atoms with van der Waals surface area (Å²) in [7, 11) is 0. The molecule has 1 rings (SSSR count). The van der Waals surface area contributed by atoms with Crippen LogP contribution >= 0.6 is 11.6 Å². The largest absolute Gasteiger partial charge is 0.352 e. The number of nitrogens with one attached hydrogen (secondary N) is 1. The van der Waals surface area contributed by atoms with Crippen LogP contribution in [0.1, 0.15) is 23.2 Å². The van der Waals surface area contributed by atoms with E-state index in [1.807, 2.05) is 0 Å². The number of carbonyl (C=O) groups excluding carboxylic acids is 1. The molecule has 0 unspecified atom stereocenters. The number of rotatable bonds is 5. The van der Waals surface area contributed by atoms with Gasteiger partial charge in [-0.3, -0.25) is 4.79 Å². The summed E-state index contributed by atoms with van der Waals surface area (Å²) in [6, 6.07) is 3.17. The maximum absolute atomic E-state index is 11.5. The maximum Gasteiger partial charge on any atom is 0.251 e. The molecule has 0 radical (unpaired) electrons. The molecule has 0 aromatic carbocycles. The second-order valence-corrected chi connectivity index (χ2v) is 3.51. The van der Waals surface area contributed by atoms with Crippen molar-refractivity contribution in [1.82, 2.24) is 10.3 Å². The number of carbonyl (C=O) groups is 1. The zero-order chi connectivity index (χ0) is 11.1. The molecule has 0 saturated carbocycles. The molecule has 1 aromatic heterocycles. The second-order valence-electron chi connectivity index (χ2n) is 3.12. The fourth-order valence-electron chi connectivity index (χ4n) is 1.12. The van der Waals surface area contributed by atoms with E-state index in [0.717, 1.165) is 12.8 Å². The van der Waals surface area contributed by atoms with Crippen molar-refractivity contribution in [2.24, 2.45) is 5.73 Å². The summed E-state index contributed by atoms with van der Waals surface area (Å²) in [5.41, 5.74) is 5.87. The molecule has 0 aliphatic rings. The summed E-state index contributed by atoms with van der Waals surface area (Å²) in [4.78, 5) is 15.3. The van der Waals surface area contributed by atoms with Gasteiger partial charge in [-0.25, -0.2) is 4.98 Å². The van der Waals surface area contributed by atoms with Crippen LogP contribution in [0, 0.1) is 0 Å². The molecule has 0 bridgehead atoms. The molecule has 0 fully saturated rings. The standard InChI is InChI=1S/C10H14ClN3O/c11-9-7-8(3-6-13-9)10(15)14-5-2-1-4-12/h3,6-7H,1-2,4-5,12H2,(H,14,15). The molecule has 0 aliphatic heterocycles. The highest BCUT2D eigenvalue weighted by Crippen LogP contribution is 2.06. The fourth-order valence-corrected chi connectivity index (χ4v) is 1.29. The summed E-state index contributed by atoms with van der Waals surface area (Å²) in [6.45, 7) is 1.28. The van der Waals surface area contributed by atoms with Crippen LogP contribution in [0.25, 0.3) is 0 Å². The molecule has 0 aliphatic carbocycles. The lowest BCUT2D eigenvalue weighted by Gasteiger charge is -2.04. The predicted octanol–water partition coefficient (Wildman–Crippen LogP) is 1.20. The minimum Gasteiger partial charge on any atom is -0.352 e. The van der Waals surface area contributed by atoms with Gasteiger partial charge in [-0.2, -0.15) is 0 Å². The average molecular weight is 228 g/mol. The van der Waals surface area contributed by atoms with Crippen LogP contribution in [0.4, 0.5) is 0 Å². The van der Waals surface area contributed by atoms with E-state index in [4.69, 9.17) is 17.3 Å². The zero-order valence-corrected chi connectivity index (χ0v) is 9.13. The molecule has 0 atom stereocenters. The summed E-state index contributed by atoms with van der Waals surface area (Å²) in [5.74, 6) is -0.128. The Bertz CT molecular complexity index is 330. The van der Waals surface area contributed by atoms with Gasteiger partial charge in [-0.15, -0.1) is 0 Å². The van der Waals surface area contributed by atoms with E-state index in [1.165, 1.54) is 6.20 Å². The van der Waals surface area contributed by atoms with Gasteiger partial charge in [0.25, 0.3) is 5.91 Å². The lowest BCUT2D eigenvalue weighted by atomic mass is 10.2. The van der Waals surface area contributed by atoms with Gasteiger partial charge in [-0.05, 0) is 31.5 Å². The van der Waals surface area contributed by atoms with Crippen LogP contribution in [0.2, 0.25) is 5.15 Å². The second kappa shape index (κ2) is 6.37. The Kier molecular flexibility index (Phi) is 5.07. The minimum atomic E-state index is -0.128. The zero-order valence-electron chi connectivity index (χ0n) is 8.37. The van der Waals surface area contributed by atoms with Gasteiger partial charge in [0.1, 0.15) is 5.15 Å². The van der Waals surface area contributed by atoms with Crippen LogP contribution < -0.4 is 11.1 Å². The quantitative estimate of drug-likeness (QED) is 0.587. The van der Waals surface area contributed by atoms with Crippen LogP contribution in [0.15, 0.2) is 18.3 Å². The third kappa shape index (κ3) is 4.27. The maximum atomic E-state index is 11.5. The van der Waals surface area contributed by atoms with E-state index in [2.05, 4.69) is 10.3 Å². The molecule has 0 saturated heterocycles. The highest BCUT2D eigenvalue weighted by atomic mass is 35.5. The summed E-state index contributed by atoms with van der Waals surface area (Å²) < 4.78 is 0. The Balaban J connectivity index is 2.40. The summed E-state index contributed by atoms with van der Waals surface area (Å²) in [6.07, 6.45) is 3.32. The molecule has 15 heavy (non-hydrogen) atoms. The van der Waals surface area contributed by atoms with Gasteiger partial charge in [0.2, 0.25) is 0 Å². The lowest BCUT2D eigenvalue weighted by Crippen LogP contribution is -2.24. The first-order valence-electron chi connectivity index (χ1n) is 4.84. The predicted molar refractivity (Wildman–Crippen MR) is 59.9 cm³/mol. The normalized spacial score (nSPS) is 10.0. The molecule has 1 amide bonds. The smallest absolute Gasteiger partial charge is 0.251 e. The number of pyridine rings is 1. The third-order valence-electron chi connectivity index (χ3n) is 1.91.